The van der Waals surface area contributed by atoms with Crippen molar-refractivity contribution >= 4 is 21.8 Å². The highest BCUT2D eigenvalue weighted by molar-refractivity contribution is 6.11. The van der Waals surface area contributed by atoms with Gasteiger partial charge in [0.2, 0.25) is 0 Å². The van der Waals surface area contributed by atoms with Gasteiger partial charge in [-0.15, -0.1) is 0 Å². The molecule has 0 bridgehead atoms. The third kappa shape index (κ3) is 6.76. The molecule has 0 atom stereocenters. The summed E-state index contributed by atoms with van der Waals surface area (Å²) >= 11 is 0. The van der Waals surface area contributed by atoms with Crippen LogP contribution in [0.15, 0.2) is 230 Å². The van der Waals surface area contributed by atoms with Crippen molar-refractivity contribution in [3.05, 3.63) is 230 Å². The van der Waals surface area contributed by atoms with Gasteiger partial charge in [0.1, 0.15) is 0 Å². The van der Waals surface area contributed by atoms with Crippen molar-refractivity contribution in [2.75, 3.05) is 0 Å². The molecule has 4 nitrogen and oxygen atoms in total. The van der Waals surface area contributed by atoms with E-state index in [1.807, 2.05) is 152 Å². The number of nitrogens with zero attached hydrogens (tertiary/aromatic N) is 4. The van der Waals surface area contributed by atoms with Crippen LogP contribution < -0.4 is 0 Å². The fraction of sp³-hybridized carbons (Fsp3) is 0. The Morgan fingerprint density at radius 1 is 0.311 bits per heavy atom. The molecule has 0 aliphatic rings. The summed E-state index contributed by atoms with van der Waals surface area (Å²) in [5.41, 5.74) is 5.77. The van der Waals surface area contributed by atoms with Crippen LogP contribution in [0.2, 0.25) is 0 Å². The third-order valence-electron chi connectivity index (χ3n) is 10.6. The van der Waals surface area contributed by atoms with Gasteiger partial charge in [0.05, 0.1) is 33.2 Å². The predicted molar refractivity (Wildman–Crippen MR) is 252 cm³/mol. The van der Waals surface area contributed by atoms with E-state index in [-0.39, 0.29) is 33.3 Å². The summed E-state index contributed by atoms with van der Waals surface area (Å²) in [7, 11) is 0. The molecule has 11 aromatic rings. The molecule has 0 spiro atoms. The molecule has 2 heterocycles. The highest BCUT2D eigenvalue weighted by Crippen LogP contribution is 2.42. The Hall–Kier alpha value is -8.21. The predicted octanol–water partition coefficient (Wildman–Crippen LogP) is 14.6. The standard InChI is InChI=1S/C57H38N4/c1-5-16-39(17-6-1)42-28-32-44(33-29-42)48-25-15-26-50(54(48)61-52-27-14-13-24-49(52)51-38-47(36-37-53(51)61)41-20-9-3-10-21-41)57-59-55(45-22-11-4-12-23-45)58-56(60-57)46-34-30-43(31-35-46)40-18-7-2-8-19-40/h1-38H/i3D,9D,10D,13D,14D,20D,21D,24D,27D,36D,37D,38D. The zero-order valence-corrected chi connectivity index (χ0v) is 32.3. The van der Waals surface area contributed by atoms with Crippen molar-refractivity contribution < 1.29 is 16.4 Å². The van der Waals surface area contributed by atoms with Gasteiger partial charge in [-0.3, -0.25) is 0 Å². The van der Waals surface area contributed by atoms with Crippen molar-refractivity contribution in [1.29, 1.82) is 0 Å². The summed E-state index contributed by atoms with van der Waals surface area (Å²) in [6.45, 7) is 0. The molecule has 0 radical (unpaired) electrons. The molecule has 0 amide bonds. The maximum atomic E-state index is 9.88. The number of para-hydroxylation sites is 2. The maximum Gasteiger partial charge on any atom is 0.166 e. The number of fused-ring (bicyclic) bond motifs is 3. The summed E-state index contributed by atoms with van der Waals surface area (Å²) < 4.78 is 111. The first-order valence-electron chi connectivity index (χ1n) is 25.6. The van der Waals surface area contributed by atoms with E-state index in [0.717, 1.165) is 22.3 Å². The first-order chi connectivity index (χ1) is 35.2. The van der Waals surface area contributed by atoms with Gasteiger partial charge in [-0.05, 0) is 63.1 Å². The molecule has 0 N–H and O–H groups in total. The van der Waals surface area contributed by atoms with Crippen LogP contribution in [0.4, 0.5) is 0 Å². The lowest BCUT2D eigenvalue weighted by Crippen LogP contribution is -2.05. The minimum absolute atomic E-state index is 0.135. The lowest BCUT2D eigenvalue weighted by molar-refractivity contribution is 1.06. The fourth-order valence-electron chi connectivity index (χ4n) is 7.69. The van der Waals surface area contributed by atoms with E-state index in [4.69, 9.17) is 24.5 Å². The molecule has 0 saturated carbocycles. The Kier molecular flexibility index (Phi) is 6.44. The van der Waals surface area contributed by atoms with Crippen LogP contribution >= 0.6 is 0 Å². The van der Waals surface area contributed by atoms with Crippen LogP contribution in [-0.2, 0) is 0 Å². The molecule has 0 aliphatic heterocycles. The summed E-state index contributed by atoms with van der Waals surface area (Å²) in [6.07, 6.45) is 0. The minimum Gasteiger partial charge on any atom is -0.308 e. The van der Waals surface area contributed by atoms with E-state index in [0.29, 0.717) is 39.5 Å². The lowest BCUT2D eigenvalue weighted by atomic mass is 9.96. The fourth-order valence-corrected chi connectivity index (χ4v) is 7.69. The quantitative estimate of drug-likeness (QED) is 0.154. The van der Waals surface area contributed by atoms with E-state index in [9.17, 15) is 6.85 Å². The summed E-state index contributed by atoms with van der Waals surface area (Å²) in [4.78, 5) is 15.2. The van der Waals surface area contributed by atoms with Gasteiger partial charge in [0.25, 0.3) is 0 Å². The molecular weight excluding hydrogens is 741 g/mol. The smallest absolute Gasteiger partial charge is 0.166 e. The number of rotatable bonds is 8. The van der Waals surface area contributed by atoms with Gasteiger partial charge in [0.15, 0.2) is 17.5 Å². The molecule has 0 aliphatic carbocycles. The Balaban J connectivity index is 1.28. The second kappa shape index (κ2) is 15.5. The topological polar surface area (TPSA) is 43.6 Å². The third-order valence-corrected chi connectivity index (χ3v) is 10.6. The van der Waals surface area contributed by atoms with Crippen LogP contribution in [0.5, 0.6) is 0 Å². The highest BCUT2D eigenvalue weighted by atomic mass is 15.1. The molecule has 0 fully saturated rings. The van der Waals surface area contributed by atoms with Crippen molar-refractivity contribution in [3.8, 4) is 84.4 Å². The molecular formula is C57H38N4. The summed E-state index contributed by atoms with van der Waals surface area (Å²) in [5.74, 6) is 0.804. The van der Waals surface area contributed by atoms with E-state index >= 15 is 0 Å². The second-order valence-electron chi connectivity index (χ2n) is 14.3. The van der Waals surface area contributed by atoms with Crippen molar-refractivity contribution in [3.63, 3.8) is 0 Å². The van der Waals surface area contributed by atoms with Gasteiger partial charge < -0.3 is 4.57 Å². The molecule has 61 heavy (non-hydrogen) atoms. The molecule has 2 aromatic heterocycles. The van der Waals surface area contributed by atoms with Crippen LogP contribution in [0.1, 0.15) is 16.4 Å². The van der Waals surface area contributed by atoms with Crippen molar-refractivity contribution in [2.45, 2.75) is 0 Å². The number of benzene rings is 9. The Bertz CT molecular complexity index is 3990. The number of hydrogen-bond donors (Lipinski definition) is 0. The van der Waals surface area contributed by atoms with Gasteiger partial charge in [-0.25, -0.2) is 15.0 Å². The van der Waals surface area contributed by atoms with Gasteiger partial charge in [-0.1, -0.05) is 206 Å². The largest absolute Gasteiger partial charge is 0.308 e. The Labute approximate surface area is 371 Å². The van der Waals surface area contributed by atoms with Crippen LogP contribution in [0, 0.1) is 0 Å². The Morgan fingerprint density at radius 2 is 0.787 bits per heavy atom. The first kappa shape index (κ1) is 25.3. The molecule has 9 aromatic carbocycles. The van der Waals surface area contributed by atoms with Crippen LogP contribution in [0.3, 0.4) is 0 Å². The van der Waals surface area contributed by atoms with E-state index < -0.39 is 83.6 Å². The first-order valence-corrected chi connectivity index (χ1v) is 19.6. The average Bonchev–Trinajstić information content (AvgIpc) is 3.80. The number of hydrogen-bond acceptors (Lipinski definition) is 3. The lowest BCUT2D eigenvalue weighted by Gasteiger charge is -2.19. The minimum atomic E-state index is -0.707. The number of aromatic nitrogens is 4. The van der Waals surface area contributed by atoms with Crippen LogP contribution in [0.25, 0.3) is 106 Å². The summed E-state index contributed by atoms with van der Waals surface area (Å²) in [5, 5.41) is -0.363. The van der Waals surface area contributed by atoms with E-state index in [2.05, 4.69) is 0 Å². The van der Waals surface area contributed by atoms with Gasteiger partial charge in [0, 0.05) is 33.0 Å². The zero-order valence-electron chi connectivity index (χ0n) is 44.3. The molecule has 11 rings (SSSR count). The SMILES string of the molecule is [2H]c1c([2H])c([2H])c(-c2c([2H])c([2H])c3c(c2[2H])c2c([2H])c([2H])c([2H])c([2H])c2n3-c2c(-c3ccc(-c4ccccc4)cc3)cccc2-c2nc(-c3ccccc3)nc(-c3ccc(-c4ccccc4)cc3)n2)c([2H])c1[2H]. The Morgan fingerprint density at radius 3 is 1.43 bits per heavy atom. The van der Waals surface area contributed by atoms with Crippen molar-refractivity contribution in [1.82, 2.24) is 19.5 Å². The average molecular weight is 791 g/mol. The van der Waals surface area contributed by atoms with Gasteiger partial charge >= 0.3 is 0 Å². The second-order valence-corrected chi connectivity index (χ2v) is 14.3. The zero-order chi connectivity index (χ0) is 51.0. The molecule has 0 saturated heterocycles. The summed E-state index contributed by atoms with van der Waals surface area (Å²) in [6, 6.07) is 42.5. The molecule has 286 valence electrons. The normalized spacial score (nSPS) is 14.0. The molecule has 0 unspecified atom stereocenters. The maximum absolute atomic E-state index is 9.88. The van der Waals surface area contributed by atoms with Crippen LogP contribution in [-0.4, -0.2) is 19.5 Å². The molecule has 4 heteroatoms. The monoisotopic (exact) mass is 790 g/mol. The van der Waals surface area contributed by atoms with E-state index in [1.165, 1.54) is 4.57 Å². The van der Waals surface area contributed by atoms with Crippen molar-refractivity contribution in [2.24, 2.45) is 0 Å². The van der Waals surface area contributed by atoms with E-state index in [1.54, 1.807) is 6.07 Å². The van der Waals surface area contributed by atoms with Gasteiger partial charge in [-0.2, -0.15) is 0 Å². The highest BCUT2D eigenvalue weighted by Gasteiger charge is 2.23.